The van der Waals surface area contributed by atoms with Crippen LogP contribution in [0.2, 0.25) is 0 Å². The van der Waals surface area contributed by atoms with Crippen LogP contribution in [0.1, 0.15) is 26.2 Å². The van der Waals surface area contributed by atoms with Crippen molar-refractivity contribution in [3.63, 3.8) is 0 Å². The third kappa shape index (κ3) is 1.93. The first kappa shape index (κ1) is 9.20. The fourth-order valence-corrected chi connectivity index (χ4v) is 2.59. The molecule has 0 unspecified atom stereocenters. The molecule has 1 heterocycles. The van der Waals surface area contributed by atoms with Crippen molar-refractivity contribution in [2.45, 2.75) is 26.2 Å². The summed E-state index contributed by atoms with van der Waals surface area (Å²) < 4.78 is 5.33. The van der Waals surface area contributed by atoms with Gasteiger partial charge in [-0.05, 0) is 37.0 Å². The average molecular weight is 182 g/mol. The molecule has 0 N–H and O–H groups in total. The topological polar surface area (TPSA) is 26.3 Å². The van der Waals surface area contributed by atoms with E-state index in [4.69, 9.17) is 4.74 Å². The van der Waals surface area contributed by atoms with Gasteiger partial charge >= 0.3 is 0 Å². The van der Waals surface area contributed by atoms with Crippen molar-refractivity contribution in [2.75, 3.05) is 13.2 Å². The van der Waals surface area contributed by atoms with E-state index in [0.29, 0.717) is 11.8 Å². The minimum Gasteiger partial charge on any atom is -0.381 e. The smallest absolute Gasteiger partial charge is 0.123 e. The Hall–Kier alpha value is -0.370. The van der Waals surface area contributed by atoms with E-state index in [-0.39, 0.29) is 0 Å². The molecule has 2 aliphatic rings. The molecule has 0 aromatic carbocycles. The van der Waals surface area contributed by atoms with Gasteiger partial charge in [0.2, 0.25) is 0 Å². The third-order valence-electron chi connectivity index (χ3n) is 3.75. The summed E-state index contributed by atoms with van der Waals surface area (Å²) >= 11 is 0. The van der Waals surface area contributed by atoms with Crippen LogP contribution in [0.15, 0.2) is 0 Å². The molecule has 1 aliphatic carbocycles. The molecule has 0 aromatic heterocycles. The molecular weight excluding hydrogens is 164 g/mol. The van der Waals surface area contributed by atoms with E-state index < -0.39 is 0 Å². The predicted molar refractivity (Wildman–Crippen MR) is 50.4 cm³/mol. The fraction of sp³-hybridized carbons (Fsp3) is 0.909. The Morgan fingerprint density at radius 3 is 2.62 bits per heavy atom. The van der Waals surface area contributed by atoms with Gasteiger partial charge in [0.05, 0.1) is 0 Å². The van der Waals surface area contributed by atoms with Gasteiger partial charge in [0, 0.05) is 19.1 Å². The Labute approximate surface area is 79.7 Å². The second-order valence-corrected chi connectivity index (χ2v) is 4.51. The molecule has 0 radical (unpaired) electrons. The summed E-state index contributed by atoms with van der Waals surface area (Å²) in [6, 6.07) is 0. The SMILES string of the molecule is C[C@H](C1CCOCC1)[C@H]1C[C@@H]1C=O. The standard InChI is InChI=1S/C11H18O2/c1-8(11-6-10(11)7-12)9-2-4-13-5-3-9/h7-11H,2-6H2,1H3/t8-,10-,11-/m1/s1. The summed E-state index contributed by atoms with van der Waals surface area (Å²) in [5.74, 6) is 2.63. The van der Waals surface area contributed by atoms with Crippen LogP contribution in [0.3, 0.4) is 0 Å². The van der Waals surface area contributed by atoms with Crippen LogP contribution in [0.4, 0.5) is 0 Å². The summed E-state index contributed by atoms with van der Waals surface area (Å²) in [6.45, 7) is 4.16. The monoisotopic (exact) mass is 182 g/mol. The van der Waals surface area contributed by atoms with Crippen molar-refractivity contribution >= 4 is 6.29 Å². The molecule has 0 spiro atoms. The lowest BCUT2D eigenvalue weighted by Gasteiger charge is -2.27. The lowest BCUT2D eigenvalue weighted by molar-refractivity contribution is -0.109. The van der Waals surface area contributed by atoms with Gasteiger partial charge < -0.3 is 9.53 Å². The van der Waals surface area contributed by atoms with Gasteiger partial charge in [-0.2, -0.15) is 0 Å². The van der Waals surface area contributed by atoms with Gasteiger partial charge in [-0.3, -0.25) is 0 Å². The Bertz CT molecular complexity index is 185. The zero-order chi connectivity index (χ0) is 9.26. The van der Waals surface area contributed by atoms with Gasteiger partial charge in [-0.25, -0.2) is 0 Å². The fourth-order valence-electron chi connectivity index (χ4n) is 2.59. The average Bonchev–Trinajstić information content (AvgIpc) is 2.97. The molecule has 1 aliphatic heterocycles. The Morgan fingerprint density at radius 1 is 1.38 bits per heavy atom. The van der Waals surface area contributed by atoms with Gasteiger partial charge in [-0.1, -0.05) is 6.92 Å². The highest BCUT2D eigenvalue weighted by Gasteiger charge is 2.43. The van der Waals surface area contributed by atoms with Crippen molar-refractivity contribution in [3.8, 4) is 0 Å². The van der Waals surface area contributed by atoms with Crippen LogP contribution in [0, 0.1) is 23.7 Å². The van der Waals surface area contributed by atoms with Crippen LogP contribution in [0.25, 0.3) is 0 Å². The van der Waals surface area contributed by atoms with Gasteiger partial charge in [-0.15, -0.1) is 0 Å². The number of rotatable bonds is 3. The van der Waals surface area contributed by atoms with Crippen LogP contribution >= 0.6 is 0 Å². The van der Waals surface area contributed by atoms with Crippen LogP contribution < -0.4 is 0 Å². The first-order valence-electron chi connectivity index (χ1n) is 5.36. The number of hydrogen-bond acceptors (Lipinski definition) is 2. The van der Waals surface area contributed by atoms with E-state index in [1.54, 1.807) is 0 Å². The molecule has 0 aromatic rings. The minimum atomic E-state index is 0.387. The number of hydrogen-bond donors (Lipinski definition) is 0. The van der Waals surface area contributed by atoms with Crippen molar-refractivity contribution < 1.29 is 9.53 Å². The van der Waals surface area contributed by atoms with Crippen molar-refractivity contribution in [3.05, 3.63) is 0 Å². The maximum Gasteiger partial charge on any atom is 0.123 e. The summed E-state index contributed by atoms with van der Waals surface area (Å²) in [6.07, 6.45) is 4.68. The highest BCUT2D eigenvalue weighted by atomic mass is 16.5. The van der Waals surface area contributed by atoms with Crippen molar-refractivity contribution in [2.24, 2.45) is 23.7 Å². The number of ether oxygens (including phenoxy) is 1. The lowest BCUT2D eigenvalue weighted by atomic mass is 9.83. The van der Waals surface area contributed by atoms with Gasteiger partial charge in [0.15, 0.2) is 0 Å². The van der Waals surface area contributed by atoms with E-state index in [9.17, 15) is 4.79 Å². The van der Waals surface area contributed by atoms with Crippen LogP contribution in [0.5, 0.6) is 0 Å². The number of carbonyl (C=O) groups excluding carboxylic acids is 1. The van der Waals surface area contributed by atoms with E-state index in [2.05, 4.69) is 6.92 Å². The zero-order valence-corrected chi connectivity index (χ0v) is 8.24. The van der Waals surface area contributed by atoms with E-state index in [1.807, 2.05) is 0 Å². The van der Waals surface area contributed by atoms with Gasteiger partial charge in [0.1, 0.15) is 6.29 Å². The van der Waals surface area contributed by atoms with Crippen LogP contribution in [-0.4, -0.2) is 19.5 Å². The van der Waals surface area contributed by atoms with Crippen molar-refractivity contribution in [1.82, 2.24) is 0 Å². The summed E-state index contributed by atoms with van der Waals surface area (Å²) in [7, 11) is 0. The molecule has 0 bridgehead atoms. The lowest BCUT2D eigenvalue weighted by Crippen LogP contribution is -2.23. The second kappa shape index (κ2) is 3.79. The first-order chi connectivity index (χ1) is 6.33. The van der Waals surface area contributed by atoms with Gasteiger partial charge in [0.25, 0.3) is 0 Å². The maximum absolute atomic E-state index is 10.5. The molecule has 3 atom stereocenters. The number of carbonyl (C=O) groups is 1. The Balaban J connectivity index is 1.82. The van der Waals surface area contributed by atoms with Crippen LogP contribution in [-0.2, 0) is 9.53 Å². The largest absolute Gasteiger partial charge is 0.381 e. The predicted octanol–water partition coefficient (Wildman–Crippen LogP) is 1.88. The molecule has 1 saturated carbocycles. The molecule has 74 valence electrons. The second-order valence-electron chi connectivity index (χ2n) is 4.51. The Morgan fingerprint density at radius 2 is 2.08 bits per heavy atom. The molecule has 2 rings (SSSR count). The molecule has 0 amide bonds. The third-order valence-corrected chi connectivity index (χ3v) is 3.75. The zero-order valence-electron chi connectivity index (χ0n) is 8.24. The highest BCUT2D eigenvalue weighted by Crippen LogP contribution is 2.47. The quantitative estimate of drug-likeness (QED) is 0.623. The Kier molecular flexibility index (Phi) is 2.68. The summed E-state index contributed by atoms with van der Waals surface area (Å²) in [5, 5.41) is 0. The number of aldehydes is 1. The van der Waals surface area contributed by atoms with E-state index in [0.717, 1.165) is 37.8 Å². The molecule has 13 heavy (non-hydrogen) atoms. The van der Waals surface area contributed by atoms with E-state index in [1.165, 1.54) is 12.8 Å². The maximum atomic E-state index is 10.5. The highest BCUT2D eigenvalue weighted by molar-refractivity contribution is 5.58. The minimum absolute atomic E-state index is 0.387. The van der Waals surface area contributed by atoms with Crippen molar-refractivity contribution in [1.29, 1.82) is 0 Å². The molecule has 2 fully saturated rings. The first-order valence-corrected chi connectivity index (χ1v) is 5.36. The van der Waals surface area contributed by atoms with E-state index >= 15 is 0 Å². The summed E-state index contributed by atoms with van der Waals surface area (Å²) in [4.78, 5) is 10.5. The summed E-state index contributed by atoms with van der Waals surface area (Å²) in [5.41, 5.74) is 0. The normalized spacial score (nSPS) is 37.0. The molecule has 2 nitrogen and oxygen atoms in total. The molecule has 2 heteroatoms. The molecule has 1 saturated heterocycles. The molecular formula is C11H18O2.